The lowest BCUT2D eigenvalue weighted by Crippen LogP contribution is -2.26. The third kappa shape index (κ3) is 3.03. The fourth-order valence-electron chi connectivity index (χ4n) is 3.25. The lowest BCUT2D eigenvalue weighted by Gasteiger charge is -2.12. The fraction of sp³-hybridized carbons (Fsp3) is 0.263. The molecule has 0 radical (unpaired) electrons. The van der Waals surface area contributed by atoms with Crippen molar-refractivity contribution in [3.05, 3.63) is 58.4 Å². The molecule has 4 rings (SSSR count). The first-order valence-corrected chi connectivity index (χ1v) is 8.58. The molecule has 0 bridgehead atoms. The Balaban J connectivity index is 1.43. The number of anilines is 2. The van der Waals surface area contributed by atoms with Crippen LogP contribution in [0.2, 0.25) is 0 Å². The van der Waals surface area contributed by atoms with Crippen molar-refractivity contribution in [2.75, 3.05) is 23.8 Å². The number of likely N-dealkylation sites (N-methyl/N-ethyl adjacent to an activating group) is 1. The molecule has 0 saturated carbocycles. The van der Waals surface area contributed by atoms with Crippen molar-refractivity contribution >= 4 is 28.2 Å². The Morgan fingerprint density at radius 1 is 1.23 bits per heavy atom. The standard InChI is InChI=1S/C19H19N5O2/c1-23-10-8-13-12-14(6-7-17(13)23)20-18(25)9-11-24-19(26)15-4-2-3-5-16(15)21-22-24/h2-7,12H,8-11H2,1H3,(H,20,25). The van der Waals surface area contributed by atoms with E-state index in [1.807, 2.05) is 24.3 Å². The van der Waals surface area contributed by atoms with E-state index in [9.17, 15) is 9.59 Å². The molecule has 1 N–H and O–H groups in total. The quantitative estimate of drug-likeness (QED) is 0.777. The summed E-state index contributed by atoms with van der Waals surface area (Å²) in [6, 6.07) is 13.0. The van der Waals surface area contributed by atoms with Gasteiger partial charge in [-0.05, 0) is 42.3 Å². The number of hydrogen-bond acceptors (Lipinski definition) is 5. The number of fused-ring (bicyclic) bond motifs is 2. The summed E-state index contributed by atoms with van der Waals surface area (Å²) in [4.78, 5) is 26.8. The van der Waals surface area contributed by atoms with Gasteiger partial charge in [-0.3, -0.25) is 9.59 Å². The number of hydrogen-bond donors (Lipinski definition) is 1. The molecule has 0 saturated heterocycles. The van der Waals surface area contributed by atoms with Crippen LogP contribution in [0.1, 0.15) is 12.0 Å². The third-order valence-electron chi connectivity index (χ3n) is 4.67. The number of rotatable bonds is 4. The lowest BCUT2D eigenvalue weighted by molar-refractivity contribution is -0.116. The number of aromatic nitrogens is 3. The van der Waals surface area contributed by atoms with Crippen molar-refractivity contribution in [1.29, 1.82) is 0 Å². The summed E-state index contributed by atoms with van der Waals surface area (Å²) in [5, 5.41) is 11.3. The number of nitrogens with one attached hydrogen (secondary N) is 1. The maximum absolute atomic E-state index is 12.4. The fourth-order valence-corrected chi connectivity index (χ4v) is 3.25. The summed E-state index contributed by atoms with van der Waals surface area (Å²) < 4.78 is 1.24. The van der Waals surface area contributed by atoms with E-state index in [4.69, 9.17) is 0 Å². The highest BCUT2D eigenvalue weighted by molar-refractivity contribution is 5.91. The molecule has 132 valence electrons. The number of aryl methyl sites for hydroxylation is 1. The summed E-state index contributed by atoms with van der Waals surface area (Å²) >= 11 is 0. The first kappa shape index (κ1) is 16.3. The summed E-state index contributed by atoms with van der Waals surface area (Å²) in [6.45, 7) is 1.19. The molecule has 0 aliphatic carbocycles. The Labute approximate surface area is 150 Å². The van der Waals surface area contributed by atoms with Gasteiger partial charge in [-0.25, -0.2) is 4.68 Å². The predicted octanol–water partition coefficient (Wildman–Crippen LogP) is 1.81. The molecule has 0 fully saturated rings. The Bertz CT molecular complexity index is 1040. The van der Waals surface area contributed by atoms with Crippen LogP contribution in [0.4, 0.5) is 11.4 Å². The number of nitrogens with zero attached hydrogens (tertiary/aromatic N) is 4. The molecule has 2 heterocycles. The van der Waals surface area contributed by atoms with Gasteiger partial charge in [0.2, 0.25) is 5.91 Å². The largest absolute Gasteiger partial charge is 0.374 e. The van der Waals surface area contributed by atoms with Crippen LogP contribution in [0, 0.1) is 0 Å². The van der Waals surface area contributed by atoms with Crippen LogP contribution >= 0.6 is 0 Å². The molecule has 0 spiro atoms. The van der Waals surface area contributed by atoms with Gasteiger partial charge in [0.25, 0.3) is 5.56 Å². The highest BCUT2D eigenvalue weighted by Crippen LogP contribution is 2.29. The highest BCUT2D eigenvalue weighted by atomic mass is 16.2. The average Bonchev–Trinajstić information content (AvgIpc) is 3.02. The molecule has 1 amide bonds. The molecular formula is C19H19N5O2. The van der Waals surface area contributed by atoms with Crippen LogP contribution in [0.25, 0.3) is 10.9 Å². The molecule has 0 atom stereocenters. The predicted molar refractivity (Wildman–Crippen MR) is 100 cm³/mol. The first-order valence-electron chi connectivity index (χ1n) is 8.58. The second-order valence-corrected chi connectivity index (χ2v) is 6.45. The zero-order chi connectivity index (χ0) is 18.1. The van der Waals surface area contributed by atoms with Crippen molar-refractivity contribution in [1.82, 2.24) is 15.0 Å². The van der Waals surface area contributed by atoms with Crippen LogP contribution in [0.15, 0.2) is 47.3 Å². The van der Waals surface area contributed by atoms with Crippen LogP contribution in [0.3, 0.4) is 0 Å². The van der Waals surface area contributed by atoms with Gasteiger partial charge < -0.3 is 10.2 Å². The molecule has 0 unspecified atom stereocenters. The van der Waals surface area contributed by atoms with E-state index in [1.54, 1.807) is 18.2 Å². The number of amides is 1. The van der Waals surface area contributed by atoms with Crippen LogP contribution in [0.5, 0.6) is 0 Å². The van der Waals surface area contributed by atoms with Crippen molar-refractivity contribution in [2.45, 2.75) is 19.4 Å². The minimum atomic E-state index is -0.232. The summed E-state index contributed by atoms with van der Waals surface area (Å²) in [6.07, 6.45) is 1.14. The summed E-state index contributed by atoms with van der Waals surface area (Å²) in [7, 11) is 2.06. The molecule has 1 aromatic heterocycles. The van der Waals surface area contributed by atoms with Crippen molar-refractivity contribution in [3.8, 4) is 0 Å². The van der Waals surface area contributed by atoms with Crippen LogP contribution in [-0.2, 0) is 17.8 Å². The maximum Gasteiger partial charge on any atom is 0.277 e. The van der Waals surface area contributed by atoms with Crippen molar-refractivity contribution in [2.24, 2.45) is 0 Å². The third-order valence-corrected chi connectivity index (χ3v) is 4.67. The average molecular weight is 349 g/mol. The van der Waals surface area contributed by atoms with Gasteiger partial charge in [0.15, 0.2) is 0 Å². The molecule has 1 aliphatic heterocycles. The molecule has 7 nitrogen and oxygen atoms in total. The smallest absolute Gasteiger partial charge is 0.277 e. The van der Waals surface area contributed by atoms with E-state index >= 15 is 0 Å². The molecule has 7 heteroatoms. The molecule has 1 aliphatic rings. The first-order chi connectivity index (χ1) is 12.6. The van der Waals surface area contributed by atoms with E-state index in [1.165, 1.54) is 15.9 Å². The van der Waals surface area contributed by atoms with Gasteiger partial charge in [-0.1, -0.05) is 17.3 Å². The Morgan fingerprint density at radius 3 is 2.96 bits per heavy atom. The molecule has 26 heavy (non-hydrogen) atoms. The zero-order valence-electron chi connectivity index (χ0n) is 14.5. The maximum atomic E-state index is 12.4. The van der Waals surface area contributed by atoms with Crippen molar-refractivity contribution in [3.63, 3.8) is 0 Å². The second kappa shape index (κ2) is 6.59. The minimum absolute atomic E-state index is 0.154. The van der Waals surface area contributed by atoms with E-state index in [2.05, 4.69) is 27.6 Å². The Kier molecular flexibility index (Phi) is 4.12. The van der Waals surface area contributed by atoms with Gasteiger partial charge in [0.1, 0.15) is 5.52 Å². The van der Waals surface area contributed by atoms with Gasteiger partial charge in [-0.15, -0.1) is 5.10 Å². The van der Waals surface area contributed by atoms with E-state index in [0.717, 1.165) is 18.7 Å². The topological polar surface area (TPSA) is 80.1 Å². The molecule has 2 aromatic carbocycles. The van der Waals surface area contributed by atoms with Crippen LogP contribution < -0.4 is 15.8 Å². The second-order valence-electron chi connectivity index (χ2n) is 6.45. The van der Waals surface area contributed by atoms with E-state index in [-0.39, 0.29) is 24.4 Å². The van der Waals surface area contributed by atoms with E-state index in [0.29, 0.717) is 10.9 Å². The normalized spacial score (nSPS) is 13.0. The Hall–Kier alpha value is -3.22. The summed E-state index contributed by atoms with van der Waals surface area (Å²) in [5.74, 6) is -0.154. The SMILES string of the molecule is CN1CCc2cc(NC(=O)CCn3nnc4ccccc4c3=O)ccc21. The monoisotopic (exact) mass is 349 g/mol. The minimum Gasteiger partial charge on any atom is -0.374 e. The lowest BCUT2D eigenvalue weighted by atomic mass is 10.1. The Morgan fingerprint density at radius 2 is 2.08 bits per heavy atom. The molecular weight excluding hydrogens is 330 g/mol. The van der Waals surface area contributed by atoms with Gasteiger partial charge in [0.05, 0.1) is 11.9 Å². The summed E-state index contributed by atoms with van der Waals surface area (Å²) in [5.41, 5.74) is 3.55. The van der Waals surface area contributed by atoms with Crippen molar-refractivity contribution < 1.29 is 4.79 Å². The van der Waals surface area contributed by atoms with Gasteiger partial charge in [-0.2, -0.15) is 0 Å². The number of benzene rings is 2. The van der Waals surface area contributed by atoms with Crippen LogP contribution in [-0.4, -0.2) is 34.5 Å². The van der Waals surface area contributed by atoms with Gasteiger partial charge >= 0.3 is 0 Å². The molecule has 3 aromatic rings. The van der Waals surface area contributed by atoms with E-state index < -0.39 is 0 Å². The zero-order valence-corrected chi connectivity index (χ0v) is 14.5. The number of carbonyl (C=O) groups is 1. The number of carbonyl (C=O) groups excluding carboxylic acids is 1. The van der Waals surface area contributed by atoms with Gasteiger partial charge in [0, 0.05) is 31.4 Å². The highest BCUT2D eigenvalue weighted by Gasteiger charge is 2.16.